The maximum absolute atomic E-state index is 13.5. The molecule has 3 aliphatic heterocycles. The predicted octanol–water partition coefficient (Wildman–Crippen LogP) is 3.99. The Bertz CT molecular complexity index is 1430. The lowest BCUT2D eigenvalue weighted by atomic mass is 10.1. The molecule has 1 atom stereocenters. The molecule has 248 valence electrons. The second-order valence-corrected chi connectivity index (χ2v) is 14.2. The van der Waals surface area contributed by atoms with Crippen molar-refractivity contribution in [1.82, 2.24) is 19.2 Å². The first kappa shape index (κ1) is 33.0. The van der Waals surface area contributed by atoms with Crippen LogP contribution in [0.4, 0.5) is 29.6 Å². The van der Waals surface area contributed by atoms with Crippen LogP contribution in [0.2, 0.25) is 0 Å². The summed E-state index contributed by atoms with van der Waals surface area (Å²) >= 11 is 0. The smallest absolute Gasteiger partial charge is 0.423 e. The number of ether oxygens (including phenoxy) is 3. The number of halogens is 3. The fourth-order valence-electron chi connectivity index (χ4n) is 5.36. The molecule has 0 spiro atoms. The predicted molar refractivity (Wildman–Crippen MR) is 159 cm³/mol. The highest BCUT2D eigenvalue weighted by molar-refractivity contribution is 7.89. The number of piperidine rings is 1. The average molecular weight is 657 g/mol. The van der Waals surface area contributed by atoms with E-state index in [0.29, 0.717) is 58.2 Å². The van der Waals surface area contributed by atoms with Gasteiger partial charge >= 0.3 is 12.3 Å². The minimum absolute atomic E-state index is 0.0132. The Labute approximate surface area is 260 Å². The number of alkyl halides is 3. The summed E-state index contributed by atoms with van der Waals surface area (Å²) < 4.78 is 84.9. The first-order chi connectivity index (χ1) is 21.2. The molecule has 16 heteroatoms. The number of nitrogens with zero attached hydrogens (tertiary/aromatic N) is 5. The topological polar surface area (TPSA) is 126 Å². The first-order valence-electron chi connectivity index (χ1n) is 15.0. The number of sulfonamides is 1. The zero-order valence-electron chi connectivity index (χ0n) is 25.5. The van der Waals surface area contributed by atoms with Gasteiger partial charge in [0, 0.05) is 63.6 Å². The van der Waals surface area contributed by atoms with Crippen molar-refractivity contribution >= 4 is 27.8 Å². The third-order valence-electron chi connectivity index (χ3n) is 7.78. The van der Waals surface area contributed by atoms with Gasteiger partial charge in [-0.3, -0.25) is 0 Å². The van der Waals surface area contributed by atoms with Gasteiger partial charge in [-0.2, -0.15) is 22.5 Å². The molecule has 1 N–H and O–H groups in total. The van der Waals surface area contributed by atoms with Crippen LogP contribution in [-0.2, 0) is 25.7 Å². The molecule has 0 saturated carbocycles. The largest absolute Gasteiger partial charge is 0.471 e. The minimum Gasteiger partial charge on any atom is -0.471 e. The Hall–Kier alpha value is -3.37. The minimum atomic E-state index is -4.68. The van der Waals surface area contributed by atoms with Crippen LogP contribution in [0.25, 0.3) is 0 Å². The van der Waals surface area contributed by atoms with E-state index in [1.807, 2.05) is 20.8 Å². The quantitative estimate of drug-likeness (QED) is 0.468. The summed E-state index contributed by atoms with van der Waals surface area (Å²) in [6.45, 7) is 8.70. The first-order valence-corrected chi connectivity index (χ1v) is 16.4. The Morgan fingerprint density at radius 3 is 2.24 bits per heavy atom. The molecule has 5 rings (SSSR count). The van der Waals surface area contributed by atoms with Crippen LogP contribution in [0.15, 0.2) is 35.4 Å². The highest BCUT2D eigenvalue weighted by Crippen LogP contribution is 2.36. The number of hydrogen-bond donors (Lipinski definition) is 1. The van der Waals surface area contributed by atoms with E-state index in [1.54, 1.807) is 29.2 Å². The van der Waals surface area contributed by atoms with Gasteiger partial charge in [0.1, 0.15) is 17.3 Å². The van der Waals surface area contributed by atoms with Gasteiger partial charge in [-0.1, -0.05) is 0 Å². The highest BCUT2D eigenvalue weighted by Gasteiger charge is 2.38. The van der Waals surface area contributed by atoms with E-state index >= 15 is 0 Å². The van der Waals surface area contributed by atoms with Gasteiger partial charge in [-0.15, -0.1) is 0 Å². The summed E-state index contributed by atoms with van der Waals surface area (Å²) in [6, 6.07) is 6.47. The molecule has 1 aromatic carbocycles. The number of rotatable bonds is 7. The number of piperazine rings is 1. The normalized spacial score (nSPS) is 20.7. The highest BCUT2D eigenvalue weighted by atomic mass is 32.2. The van der Waals surface area contributed by atoms with Crippen LogP contribution >= 0.6 is 0 Å². The Morgan fingerprint density at radius 2 is 1.67 bits per heavy atom. The maximum atomic E-state index is 13.5. The Balaban J connectivity index is 1.15. The molecule has 1 aromatic heterocycles. The molecule has 1 amide bonds. The maximum Gasteiger partial charge on any atom is 0.423 e. The number of carbonyl (C=O) groups is 1. The zero-order valence-corrected chi connectivity index (χ0v) is 26.4. The molecule has 45 heavy (non-hydrogen) atoms. The monoisotopic (exact) mass is 656 g/mol. The van der Waals surface area contributed by atoms with Crippen molar-refractivity contribution in [3.63, 3.8) is 0 Å². The van der Waals surface area contributed by atoms with E-state index in [2.05, 4.69) is 20.2 Å². The lowest BCUT2D eigenvalue weighted by Gasteiger charge is -2.36. The van der Waals surface area contributed by atoms with E-state index in [-0.39, 0.29) is 42.7 Å². The molecule has 3 fully saturated rings. The van der Waals surface area contributed by atoms with Crippen LogP contribution in [0.1, 0.15) is 45.6 Å². The summed E-state index contributed by atoms with van der Waals surface area (Å²) in [5.41, 5.74) is -0.762. The molecular formula is C29H39F3N6O6S. The van der Waals surface area contributed by atoms with Crippen molar-refractivity contribution < 1.29 is 40.6 Å². The van der Waals surface area contributed by atoms with Gasteiger partial charge in [0.25, 0.3) is 0 Å². The molecule has 0 aliphatic carbocycles. The molecule has 2 aromatic rings. The number of carbonyl (C=O) groups excluding carboxylic acids is 1. The summed E-state index contributed by atoms with van der Waals surface area (Å²) in [5, 5.41) is 3.04. The number of amides is 1. The number of nitrogens with one attached hydrogen (secondary N) is 1. The lowest BCUT2D eigenvalue weighted by molar-refractivity contribution is -0.139. The second kappa shape index (κ2) is 13.2. The van der Waals surface area contributed by atoms with E-state index in [4.69, 9.17) is 14.2 Å². The van der Waals surface area contributed by atoms with Gasteiger partial charge in [0.15, 0.2) is 0 Å². The third kappa shape index (κ3) is 8.27. The number of hydrogen-bond acceptors (Lipinski definition) is 10. The fourth-order valence-corrected chi connectivity index (χ4v) is 6.83. The number of anilines is 2. The molecule has 0 bridgehead atoms. The van der Waals surface area contributed by atoms with Crippen LogP contribution < -0.4 is 15.0 Å². The molecular weight excluding hydrogens is 617 g/mol. The summed E-state index contributed by atoms with van der Waals surface area (Å²) in [4.78, 5) is 24.1. The number of benzene rings is 1. The molecule has 4 heterocycles. The van der Waals surface area contributed by atoms with Crippen molar-refractivity contribution in [3.05, 3.63) is 36.0 Å². The fraction of sp³-hybridized carbons (Fsp3) is 0.621. The van der Waals surface area contributed by atoms with Crippen LogP contribution in [-0.4, -0.2) is 104 Å². The summed E-state index contributed by atoms with van der Waals surface area (Å²) in [5.74, 6) is -0.565. The van der Waals surface area contributed by atoms with Crippen LogP contribution in [0.3, 0.4) is 0 Å². The Kier molecular flexibility index (Phi) is 9.65. The lowest BCUT2D eigenvalue weighted by Crippen LogP contribution is -2.50. The molecule has 0 radical (unpaired) electrons. The Morgan fingerprint density at radius 1 is 1.00 bits per heavy atom. The molecule has 3 aliphatic rings. The second-order valence-electron chi connectivity index (χ2n) is 12.3. The van der Waals surface area contributed by atoms with Gasteiger partial charge < -0.3 is 29.3 Å². The van der Waals surface area contributed by atoms with Gasteiger partial charge in [0.2, 0.25) is 21.9 Å². The average Bonchev–Trinajstić information content (AvgIpc) is 3.49. The third-order valence-corrected chi connectivity index (χ3v) is 9.70. The standard InChI is InChI=1S/C29H39F3N6O6S/c1-28(2,3)44-27(39)37-15-13-36(14-16-37)21-4-6-23(7-5-21)45(40,41)38-11-8-20(9-12-38)34-26-33-18-24(29(30,31)32)25(35-26)43-22-10-17-42-19-22/h4-7,18,20,22H,8-17,19H2,1-3H3,(H,33,34,35)/t22-/m0/s1. The molecule has 3 saturated heterocycles. The van der Waals surface area contributed by atoms with E-state index in [0.717, 1.165) is 5.69 Å². The SMILES string of the molecule is CC(C)(C)OC(=O)N1CCN(c2ccc(S(=O)(=O)N3CCC(Nc4ncc(C(F)(F)F)c(O[C@H]5CCOC5)n4)CC3)cc2)CC1. The molecule has 12 nitrogen and oxygen atoms in total. The van der Waals surface area contributed by atoms with Gasteiger partial charge in [0.05, 0.1) is 18.1 Å². The van der Waals surface area contributed by atoms with E-state index in [1.165, 1.54) is 4.31 Å². The van der Waals surface area contributed by atoms with E-state index < -0.39 is 39.3 Å². The van der Waals surface area contributed by atoms with Crippen molar-refractivity contribution in [3.8, 4) is 5.88 Å². The van der Waals surface area contributed by atoms with E-state index in [9.17, 15) is 26.4 Å². The van der Waals surface area contributed by atoms with Crippen molar-refractivity contribution in [2.24, 2.45) is 0 Å². The van der Waals surface area contributed by atoms with Gasteiger partial charge in [-0.05, 0) is 57.9 Å². The van der Waals surface area contributed by atoms with Crippen LogP contribution in [0, 0.1) is 0 Å². The summed E-state index contributed by atoms with van der Waals surface area (Å²) in [6.07, 6.45) is -3.56. The number of aromatic nitrogens is 2. The summed E-state index contributed by atoms with van der Waals surface area (Å²) in [7, 11) is -3.76. The van der Waals surface area contributed by atoms with Crippen molar-refractivity contribution in [1.29, 1.82) is 0 Å². The molecule has 0 unspecified atom stereocenters. The van der Waals surface area contributed by atoms with Crippen molar-refractivity contribution in [2.45, 2.75) is 68.9 Å². The van der Waals surface area contributed by atoms with Gasteiger partial charge in [-0.25, -0.2) is 18.2 Å². The zero-order chi connectivity index (χ0) is 32.4. The van der Waals surface area contributed by atoms with Crippen LogP contribution in [0.5, 0.6) is 5.88 Å². The van der Waals surface area contributed by atoms with Crippen molar-refractivity contribution in [2.75, 3.05) is 62.7 Å².